The number of nitrogens with one attached hydrogen (secondary N) is 1. The van der Waals surface area contributed by atoms with Crippen molar-refractivity contribution >= 4 is 17.3 Å². The maximum absolute atomic E-state index is 12.5. The lowest BCUT2D eigenvalue weighted by molar-refractivity contribution is 0.240. The van der Waals surface area contributed by atoms with Crippen LogP contribution in [0, 0.1) is 0 Å². The van der Waals surface area contributed by atoms with Crippen molar-refractivity contribution in [3.8, 4) is 17.1 Å². The van der Waals surface area contributed by atoms with Crippen LogP contribution in [-0.4, -0.2) is 26.5 Å². The first kappa shape index (κ1) is 17.6. The molecule has 138 valence electrons. The van der Waals surface area contributed by atoms with Crippen LogP contribution in [0.25, 0.3) is 11.4 Å². The molecule has 4 rings (SSSR count). The zero-order valence-corrected chi connectivity index (χ0v) is 15.3. The monoisotopic (exact) mass is 382 g/mol. The second-order valence-electron chi connectivity index (χ2n) is 6.70. The zero-order chi connectivity index (χ0) is 19.0. The Kier molecular flexibility index (Phi) is 4.59. The van der Waals surface area contributed by atoms with E-state index < -0.39 is 0 Å². The second-order valence-corrected chi connectivity index (χ2v) is 7.11. The molecule has 0 bridgehead atoms. The van der Waals surface area contributed by atoms with Gasteiger partial charge in [0.15, 0.2) is 0 Å². The standard InChI is InChI=1S/C20H19ClN4O2/c21-17-9-15(26)6-3-13(17)10-25-8-7-16-18(11-25)23-19(24-20(16)27)12-1-4-14(22)5-2-12/h1-6,9,26H,7-8,10-11,22H2,(H,23,24,27). The Labute approximate surface area is 161 Å². The van der Waals surface area contributed by atoms with Gasteiger partial charge in [0.25, 0.3) is 5.56 Å². The molecule has 0 atom stereocenters. The summed E-state index contributed by atoms with van der Waals surface area (Å²) in [4.78, 5) is 22.3. The molecular formula is C20H19ClN4O2. The molecule has 0 unspecified atom stereocenters. The van der Waals surface area contributed by atoms with Gasteiger partial charge in [-0.05, 0) is 48.4 Å². The third kappa shape index (κ3) is 3.67. The van der Waals surface area contributed by atoms with Crippen LogP contribution in [0.4, 0.5) is 5.69 Å². The fraction of sp³-hybridized carbons (Fsp3) is 0.200. The number of phenols is 1. The van der Waals surface area contributed by atoms with E-state index in [2.05, 4.69) is 9.88 Å². The summed E-state index contributed by atoms with van der Waals surface area (Å²) >= 11 is 6.22. The van der Waals surface area contributed by atoms with Crippen LogP contribution in [0.5, 0.6) is 5.75 Å². The quantitative estimate of drug-likeness (QED) is 0.605. The van der Waals surface area contributed by atoms with Crippen molar-refractivity contribution in [2.75, 3.05) is 12.3 Å². The SMILES string of the molecule is Nc1ccc(-c2nc3c(c(=O)[nH]2)CCN(Cc2ccc(O)cc2Cl)C3)cc1. The maximum atomic E-state index is 12.5. The second kappa shape index (κ2) is 7.06. The lowest BCUT2D eigenvalue weighted by Gasteiger charge is -2.28. The predicted molar refractivity (Wildman–Crippen MR) is 106 cm³/mol. The number of aromatic amines is 1. The molecule has 0 radical (unpaired) electrons. The van der Waals surface area contributed by atoms with Crippen LogP contribution in [0.2, 0.25) is 5.02 Å². The van der Waals surface area contributed by atoms with E-state index in [-0.39, 0.29) is 11.3 Å². The van der Waals surface area contributed by atoms with Crippen molar-refractivity contribution in [3.63, 3.8) is 0 Å². The van der Waals surface area contributed by atoms with E-state index in [1.54, 1.807) is 18.2 Å². The highest BCUT2D eigenvalue weighted by atomic mass is 35.5. The Balaban J connectivity index is 1.61. The molecule has 2 aromatic carbocycles. The van der Waals surface area contributed by atoms with Crippen LogP contribution < -0.4 is 11.3 Å². The molecule has 27 heavy (non-hydrogen) atoms. The van der Waals surface area contributed by atoms with Gasteiger partial charge in [0.1, 0.15) is 11.6 Å². The van der Waals surface area contributed by atoms with Gasteiger partial charge in [0.2, 0.25) is 0 Å². The Hall–Kier alpha value is -2.83. The van der Waals surface area contributed by atoms with Crippen LogP contribution in [0.3, 0.4) is 0 Å². The average Bonchev–Trinajstić information content (AvgIpc) is 2.64. The summed E-state index contributed by atoms with van der Waals surface area (Å²) in [5.74, 6) is 0.692. The number of anilines is 1. The van der Waals surface area contributed by atoms with Crippen LogP contribution in [0.1, 0.15) is 16.8 Å². The number of hydrogen-bond acceptors (Lipinski definition) is 5. The fourth-order valence-electron chi connectivity index (χ4n) is 3.31. The number of aromatic hydroxyl groups is 1. The van der Waals surface area contributed by atoms with Gasteiger partial charge in [-0.1, -0.05) is 17.7 Å². The molecule has 6 nitrogen and oxygen atoms in total. The third-order valence-corrected chi connectivity index (χ3v) is 5.12. The summed E-state index contributed by atoms with van der Waals surface area (Å²) in [5, 5.41) is 10.0. The van der Waals surface area contributed by atoms with Gasteiger partial charge in [-0.3, -0.25) is 9.69 Å². The molecule has 0 fully saturated rings. The number of hydrogen-bond donors (Lipinski definition) is 3. The molecular weight excluding hydrogens is 364 g/mol. The Morgan fingerprint density at radius 2 is 2.00 bits per heavy atom. The van der Waals surface area contributed by atoms with Gasteiger partial charge >= 0.3 is 0 Å². The molecule has 0 saturated carbocycles. The highest BCUT2D eigenvalue weighted by Gasteiger charge is 2.22. The minimum absolute atomic E-state index is 0.0888. The summed E-state index contributed by atoms with van der Waals surface area (Å²) in [5.41, 5.74) is 9.58. The number of nitrogens with two attached hydrogens (primary N) is 1. The first-order chi connectivity index (χ1) is 13.0. The average molecular weight is 383 g/mol. The van der Waals surface area contributed by atoms with Gasteiger partial charge in [0, 0.05) is 41.5 Å². The molecule has 2 heterocycles. The number of benzene rings is 2. The van der Waals surface area contributed by atoms with Crippen molar-refractivity contribution in [2.24, 2.45) is 0 Å². The first-order valence-corrected chi connectivity index (χ1v) is 9.05. The number of fused-ring (bicyclic) bond motifs is 1. The minimum Gasteiger partial charge on any atom is -0.508 e. The molecule has 1 aliphatic heterocycles. The number of nitrogen functional groups attached to an aromatic ring is 1. The number of phenolic OH excluding ortho intramolecular Hbond substituents is 1. The van der Waals surface area contributed by atoms with Gasteiger partial charge in [-0.25, -0.2) is 4.98 Å². The number of rotatable bonds is 3. The summed E-state index contributed by atoms with van der Waals surface area (Å²) in [6, 6.07) is 12.2. The Morgan fingerprint density at radius 3 is 2.74 bits per heavy atom. The summed E-state index contributed by atoms with van der Waals surface area (Å²) in [6.45, 7) is 1.94. The molecule has 0 amide bonds. The maximum Gasteiger partial charge on any atom is 0.254 e. The summed E-state index contributed by atoms with van der Waals surface area (Å²) < 4.78 is 0. The van der Waals surface area contributed by atoms with Crippen molar-refractivity contribution < 1.29 is 5.11 Å². The summed E-state index contributed by atoms with van der Waals surface area (Å²) in [6.07, 6.45) is 0.634. The lowest BCUT2D eigenvalue weighted by Crippen LogP contribution is -2.35. The van der Waals surface area contributed by atoms with Crippen LogP contribution in [0.15, 0.2) is 47.3 Å². The molecule has 0 saturated heterocycles. The first-order valence-electron chi connectivity index (χ1n) is 8.67. The zero-order valence-electron chi connectivity index (χ0n) is 14.6. The molecule has 3 aromatic rings. The Bertz CT molecular complexity index is 1050. The molecule has 0 aliphatic carbocycles. The number of nitrogens with zero attached hydrogens (tertiary/aromatic N) is 2. The van der Waals surface area contributed by atoms with Gasteiger partial charge in [-0.2, -0.15) is 0 Å². The van der Waals surface area contributed by atoms with Crippen LogP contribution in [-0.2, 0) is 19.5 Å². The number of H-pyrrole nitrogens is 1. The van der Waals surface area contributed by atoms with E-state index in [0.29, 0.717) is 36.0 Å². The van der Waals surface area contributed by atoms with Crippen molar-refractivity contribution in [3.05, 3.63) is 74.7 Å². The molecule has 4 N–H and O–H groups in total. The fourth-order valence-corrected chi connectivity index (χ4v) is 3.55. The number of halogens is 1. The molecule has 7 heteroatoms. The van der Waals surface area contributed by atoms with Crippen molar-refractivity contribution in [1.29, 1.82) is 0 Å². The molecule has 1 aliphatic rings. The van der Waals surface area contributed by atoms with E-state index in [1.807, 2.05) is 18.2 Å². The third-order valence-electron chi connectivity index (χ3n) is 4.77. The summed E-state index contributed by atoms with van der Waals surface area (Å²) in [7, 11) is 0. The van der Waals surface area contributed by atoms with Gasteiger partial charge < -0.3 is 15.8 Å². The van der Waals surface area contributed by atoms with Gasteiger partial charge in [0.05, 0.1) is 5.69 Å². The largest absolute Gasteiger partial charge is 0.508 e. The minimum atomic E-state index is -0.0888. The van der Waals surface area contributed by atoms with Gasteiger partial charge in [-0.15, -0.1) is 0 Å². The highest BCUT2D eigenvalue weighted by Crippen LogP contribution is 2.25. The topological polar surface area (TPSA) is 95.2 Å². The molecule has 0 spiro atoms. The lowest BCUT2D eigenvalue weighted by atomic mass is 10.0. The van der Waals surface area contributed by atoms with E-state index in [9.17, 15) is 9.90 Å². The smallest absolute Gasteiger partial charge is 0.254 e. The predicted octanol–water partition coefficient (Wildman–Crippen LogP) is 2.94. The highest BCUT2D eigenvalue weighted by molar-refractivity contribution is 6.31. The van der Waals surface area contributed by atoms with Crippen LogP contribution >= 0.6 is 11.6 Å². The van der Waals surface area contributed by atoms with E-state index in [4.69, 9.17) is 22.3 Å². The normalized spacial score (nSPS) is 14.1. The van der Waals surface area contributed by atoms with E-state index >= 15 is 0 Å². The van der Waals surface area contributed by atoms with E-state index in [1.165, 1.54) is 6.07 Å². The molecule has 1 aromatic heterocycles. The van der Waals surface area contributed by atoms with E-state index in [0.717, 1.165) is 28.9 Å². The number of aromatic nitrogens is 2. The van der Waals surface area contributed by atoms with Crippen molar-refractivity contribution in [1.82, 2.24) is 14.9 Å². The van der Waals surface area contributed by atoms with Crippen molar-refractivity contribution in [2.45, 2.75) is 19.5 Å². The Morgan fingerprint density at radius 1 is 1.22 bits per heavy atom.